The zero-order valence-corrected chi connectivity index (χ0v) is 10.8. The summed E-state index contributed by atoms with van der Waals surface area (Å²) in [5.74, 6) is 2.38. The van der Waals surface area contributed by atoms with Gasteiger partial charge in [0.15, 0.2) is 0 Å². The van der Waals surface area contributed by atoms with Crippen molar-refractivity contribution < 1.29 is 14.2 Å². The third-order valence-corrected chi connectivity index (χ3v) is 3.35. The van der Waals surface area contributed by atoms with Crippen molar-refractivity contribution in [3.63, 3.8) is 0 Å². The summed E-state index contributed by atoms with van der Waals surface area (Å²) >= 11 is 0. The summed E-state index contributed by atoms with van der Waals surface area (Å²) in [5, 5.41) is 0. The Balaban J connectivity index is 2.47. The van der Waals surface area contributed by atoms with Gasteiger partial charge in [-0.25, -0.2) is 0 Å². The molecule has 3 heteroatoms. The van der Waals surface area contributed by atoms with Crippen LogP contribution in [0.1, 0.15) is 19.4 Å². The smallest absolute Gasteiger partial charge is 0.131 e. The van der Waals surface area contributed by atoms with Crippen molar-refractivity contribution in [3.8, 4) is 17.2 Å². The Labute approximate surface area is 102 Å². The van der Waals surface area contributed by atoms with E-state index < -0.39 is 0 Å². The Kier molecular flexibility index (Phi) is 2.77. The fourth-order valence-electron chi connectivity index (χ4n) is 2.02. The van der Waals surface area contributed by atoms with Crippen LogP contribution in [0.15, 0.2) is 24.3 Å². The molecular formula is C14H18O3. The van der Waals surface area contributed by atoms with Gasteiger partial charge in [0.25, 0.3) is 0 Å². The average Bonchev–Trinajstić information content (AvgIpc) is 2.65. The maximum atomic E-state index is 5.98. The molecule has 1 unspecified atom stereocenters. The summed E-state index contributed by atoms with van der Waals surface area (Å²) in [6, 6.07) is 3.78. The summed E-state index contributed by atoms with van der Waals surface area (Å²) in [6.07, 6.45) is 0.783. The van der Waals surface area contributed by atoms with E-state index in [1.807, 2.05) is 26.0 Å². The first-order valence-corrected chi connectivity index (χ1v) is 5.60. The summed E-state index contributed by atoms with van der Waals surface area (Å²) in [7, 11) is 3.29. The van der Waals surface area contributed by atoms with Gasteiger partial charge in [-0.15, -0.1) is 0 Å². The van der Waals surface area contributed by atoms with E-state index in [9.17, 15) is 0 Å². The van der Waals surface area contributed by atoms with Crippen LogP contribution in [-0.4, -0.2) is 19.8 Å². The van der Waals surface area contributed by atoms with Gasteiger partial charge in [-0.2, -0.15) is 0 Å². The van der Waals surface area contributed by atoms with Crippen LogP contribution in [0.3, 0.4) is 0 Å². The van der Waals surface area contributed by atoms with Gasteiger partial charge in [-0.3, -0.25) is 0 Å². The number of benzene rings is 1. The monoisotopic (exact) mass is 234 g/mol. The Morgan fingerprint density at radius 2 is 2.06 bits per heavy atom. The summed E-state index contributed by atoms with van der Waals surface area (Å²) in [5.41, 5.74) is 1.75. The minimum absolute atomic E-state index is 0.345. The predicted octanol–water partition coefficient (Wildman–Crippen LogP) is 2.97. The Morgan fingerprint density at radius 1 is 1.35 bits per heavy atom. The molecule has 1 aliphatic rings. The van der Waals surface area contributed by atoms with Crippen molar-refractivity contribution in [2.75, 3.05) is 14.2 Å². The van der Waals surface area contributed by atoms with E-state index in [2.05, 4.69) is 6.58 Å². The van der Waals surface area contributed by atoms with Crippen LogP contribution in [-0.2, 0) is 6.42 Å². The molecule has 1 aliphatic heterocycles. The lowest BCUT2D eigenvalue weighted by Gasteiger charge is -2.24. The number of fused-ring (bicyclic) bond motifs is 1. The number of hydrogen-bond donors (Lipinski definition) is 0. The minimum Gasteiger partial charge on any atom is -0.496 e. The first-order chi connectivity index (χ1) is 8.00. The lowest BCUT2D eigenvalue weighted by atomic mass is 9.92. The van der Waals surface area contributed by atoms with Crippen LogP contribution in [0.5, 0.6) is 17.2 Å². The first kappa shape index (κ1) is 11.8. The zero-order valence-electron chi connectivity index (χ0n) is 10.8. The molecule has 0 N–H and O–H groups in total. The van der Waals surface area contributed by atoms with Gasteiger partial charge in [0.2, 0.25) is 0 Å². The second kappa shape index (κ2) is 3.99. The van der Waals surface area contributed by atoms with Crippen molar-refractivity contribution in [1.29, 1.82) is 0 Å². The molecule has 0 fully saturated rings. The van der Waals surface area contributed by atoms with Crippen molar-refractivity contribution in [3.05, 3.63) is 29.8 Å². The molecule has 0 spiro atoms. The van der Waals surface area contributed by atoms with Crippen LogP contribution in [0.4, 0.5) is 0 Å². The molecule has 0 bridgehead atoms. The van der Waals surface area contributed by atoms with E-state index >= 15 is 0 Å². The Morgan fingerprint density at radius 3 is 2.59 bits per heavy atom. The highest BCUT2D eigenvalue weighted by Gasteiger charge is 2.37. The van der Waals surface area contributed by atoms with Gasteiger partial charge in [-0.1, -0.05) is 6.58 Å². The molecule has 2 rings (SSSR count). The average molecular weight is 234 g/mol. The summed E-state index contributed by atoms with van der Waals surface area (Å²) in [4.78, 5) is 0. The molecule has 1 aromatic carbocycles. The third kappa shape index (κ3) is 1.86. The van der Waals surface area contributed by atoms with E-state index in [0.717, 1.165) is 34.8 Å². The van der Waals surface area contributed by atoms with Gasteiger partial charge in [0, 0.05) is 24.1 Å². The molecule has 92 valence electrons. The SMILES string of the molecule is C=C(C)C1(C)Cc2c(OC)cc(OC)cc2O1. The van der Waals surface area contributed by atoms with E-state index in [1.54, 1.807) is 14.2 Å². The maximum Gasteiger partial charge on any atom is 0.131 e. The molecule has 0 saturated carbocycles. The van der Waals surface area contributed by atoms with Crippen molar-refractivity contribution >= 4 is 0 Å². The highest BCUT2D eigenvalue weighted by molar-refractivity contribution is 5.54. The van der Waals surface area contributed by atoms with Gasteiger partial charge in [-0.05, 0) is 19.4 Å². The van der Waals surface area contributed by atoms with E-state index in [-0.39, 0.29) is 5.60 Å². The topological polar surface area (TPSA) is 27.7 Å². The lowest BCUT2D eigenvalue weighted by molar-refractivity contribution is 0.157. The highest BCUT2D eigenvalue weighted by Crippen LogP contribution is 2.45. The standard InChI is InChI=1S/C14H18O3/c1-9(2)14(3)8-11-12(16-5)6-10(15-4)7-13(11)17-14/h6-7H,1,8H2,2-5H3. The van der Waals surface area contributed by atoms with Gasteiger partial charge in [0.1, 0.15) is 22.8 Å². The molecule has 3 nitrogen and oxygen atoms in total. The largest absolute Gasteiger partial charge is 0.496 e. The summed E-state index contributed by atoms with van der Waals surface area (Å²) < 4.78 is 16.6. The van der Waals surface area contributed by atoms with Gasteiger partial charge >= 0.3 is 0 Å². The second-order valence-electron chi connectivity index (χ2n) is 4.60. The second-order valence-corrected chi connectivity index (χ2v) is 4.60. The number of rotatable bonds is 3. The molecule has 0 radical (unpaired) electrons. The van der Waals surface area contributed by atoms with Crippen molar-refractivity contribution in [2.24, 2.45) is 0 Å². The molecule has 17 heavy (non-hydrogen) atoms. The van der Waals surface area contributed by atoms with Crippen LogP contribution >= 0.6 is 0 Å². The predicted molar refractivity (Wildman–Crippen MR) is 67.1 cm³/mol. The molecule has 1 atom stereocenters. The van der Waals surface area contributed by atoms with Gasteiger partial charge < -0.3 is 14.2 Å². The third-order valence-electron chi connectivity index (χ3n) is 3.35. The lowest BCUT2D eigenvalue weighted by Crippen LogP contribution is -2.30. The molecule has 1 heterocycles. The zero-order chi connectivity index (χ0) is 12.6. The van der Waals surface area contributed by atoms with Crippen LogP contribution < -0.4 is 14.2 Å². The Bertz CT molecular complexity index is 465. The fraction of sp³-hybridized carbons (Fsp3) is 0.429. The molecular weight excluding hydrogens is 216 g/mol. The van der Waals surface area contributed by atoms with E-state index in [0.29, 0.717) is 0 Å². The van der Waals surface area contributed by atoms with Crippen LogP contribution in [0.2, 0.25) is 0 Å². The Hall–Kier alpha value is -1.64. The molecule has 0 amide bonds. The molecule has 0 aliphatic carbocycles. The van der Waals surface area contributed by atoms with Crippen LogP contribution in [0, 0.1) is 0 Å². The molecule has 0 saturated heterocycles. The number of methoxy groups -OCH3 is 2. The highest BCUT2D eigenvalue weighted by atomic mass is 16.5. The normalized spacial score (nSPS) is 21.6. The number of hydrogen-bond acceptors (Lipinski definition) is 3. The molecule has 1 aromatic rings. The van der Waals surface area contributed by atoms with E-state index in [4.69, 9.17) is 14.2 Å². The molecule has 0 aromatic heterocycles. The van der Waals surface area contributed by atoms with Crippen molar-refractivity contribution in [1.82, 2.24) is 0 Å². The fourth-order valence-corrected chi connectivity index (χ4v) is 2.02. The summed E-state index contributed by atoms with van der Waals surface area (Å²) in [6.45, 7) is 8.02. The van der Waals surface area contributed by atoms with E-state index in [1.165, 1.54) is 0 Å². The minimum atomic E-state index is -0.345. The quantitative estimate of drug-likeness (QED) is 0.752. The van der Waals surface area contributed by atoms with Crippen molar-refractivity contribution in [2.45, 2.75) is 25.9 Å². The maximum absolute atomic E-state index is 5.98. The number of ether oxygens (including phenoxy) is 3. The van der Waals surface area contributed by atoms with Crippen LogP contribution in [0.25, 0.3) is 0 Å². The van der Waals surface area contributed by atoms with Gasteiger partial charge in [0.05, 0.1) is 14.2 Å². The first-order valence-electron chi connectivity index (χ1n) is 5.60.